The van der Waals surface area contributed by atoms with Crippen LogP contribution in [0.3, 0.4) is 0 Å². The van der Waals surface area contributed by atoms with Crippen LogP contribution in [0, 0.1) is 0 Å². The van der Waals surface area contributed by atoms with Crippen molar-refractivity contribution < 1.29 is 39.3 Å². The highest BCUT2D eigenvalue weighted by atomic mass is 16.4. The number of rotatable bonds is 13. The van der Waals surface area contributed by atoms with Crippen LogP contribution in [0.15, 0.2) is 24.3 Å². The van der Waals surface area contributed by atoms with Crippen LogP contribution < -0.4 is 27.4 Å². The van der Waals surface area contributed by atoms with E-state index >= 15 is 0 Å². The molecule has 5 atom stereocenters. The number of hydrogen-bond donors (Lipinski definition) is 8. The Hall–Kier alpha value is -3.71. The summed E-state index contributed by atoms with van der Waals surface area (Å²) in [6, 6.07) is 0.946. The number of carboxylic acids is 1. The molecule has 188 valence electrons. The van der Waals surface area contributed by atoms with Gasteiger partial charge in [0.2, 0.25) is 23.6 Å². The number of nitrogens with one attached hydrogen (secondary N) is 3. The summed E-state index contributed by atoms with van der Waals surface area (Å²) in [6.07, 6.45) is -1.81. The topological polar surface area (TPSA) is 234 Å². The number of nitrogens with two attached hydrogens (primary N) is 2. The van der Waals surface area contributed by atoms with Gasteiger partial charge in [0.05, 0.1) is 12.1 Å². The number of primary amides is 1. The molecule has 0 fully saturated rings. The minimum Gasteiger partial charge on any atom is -0.508 e. The minimum absolute atomic E-state index is 0.0603. The van der Waals surface area contributed by atoms with E-state index in [-0.39, 0.29) is 25.0 Å². The van der Waals surface area contributed by atoms with E-state index in [0.29, 0.717) is 5.56 Å². The molecule has 5 unspecified atom stereocenters. The van der Waals surface area contributed by atoms with E-state index in [1.807, 2.05) is 0 Å². The fourth-order valence-electron chi connectivity index (χ4n) is 2.86. The fourth-order valence-corrected chi connectivity index (χ4v) is 2.86. The molecule has 0 heterocycles. The van der Waals surface area contributed by atoms with E-state index in [0.717, 1.165) is 6.92 Å². The maximum absolute atomic E-state index is 12.6. The Morgan fingerprint density at radius 3 is 2.03 bits per heavy atom. The largest absolute Gasteiger partial charge is 0.508 e. The average Bonchev–Trinajstić information content (AvgIpc) is 2.75. The van der Waals surface area contributed by atoms with Gasteiger partial charge in [-0.1, -0.05) is 12.1 Å². The predicted octanol–water partition coefficient (Wildman–Crippen LogP) is -2.53. The number of aromatic hydroxyl groups is 1. The molecule has 13 heteroatoms. The summed E-state index contributed by atoms with van der Waals surface area (Å²) < 4.78 is 0. The third-order valence-electron chi connectivity index (χ3n) is 4.84. The number of carbonyl (C=O) groups is 5. The highest BCUT2D eigenvalue weighted by Gasteiger charge is 2.31. The van der Waals surface area contributed by atoms with Crippen molar-refractivity contribution in [2.45, 2.75) is 63.4 Å². The minimum atomic E-state index is -1.64. The van der Waals surface area contributed by atoms with Crippen LogP contribution in [0.5, 0.6) is 5.75 Å². The van der Waals surface area contributed by atoms with Crippen LogP contribution in [0.2, 0.25) is 0 Å². The fraction of sp³-hybridized carbons (Fsp3) is 0.476. The lowest BCUT2D eigenvalue weighted by atomic mass is 10.1. The van der Waals surface area contributed by atoms with Crippen molar-refractivity contribution in [1.82, 2.24) is 16.0 Å². The van der Waals surface area contributed by atoms with E-state index in [2.05, 4.69) is 16.0 Å². The first-order valence-electron chi connectivity index (χ1n) is 10.5. The lowest BCUT2D eigenvalue weighted by molar-refractivity contribution is -0.145. The maximum atomic E-state index is 12.6. The van der Waals surface area contributed by atoms with Gasteiger partial charge < -0.3 is 42.7 Å². The molecule has 34 heavy (non-hydrogen) atoms. The Labute approximate surface area is 195 Å². The smallest absolute Gasteiger partial charge is 0.328 e. The molecule has 0 bridgehead atoms. The Bertz CT molecular complexity index is 890. The molecule has 0 saturated carbocycles. The van der Waals surface area contributed by atoms with Crippen molar-refractivity contribution in [3.05, 3.63) is 29.8 Å². The molecule has 0 radical (unpaired) electrons. The van der Waals surface area contributed by atoms with Crippen molar-refractivity contribution >= 4 is 29.6 Å². The van der Waals surface area contributed by atoms with Gasteiger partial charge in [0.1, 0.15) is 17.8 Å². The van der Waals surface area contributed by atoms with E-state index in [1.54, 1.807) is 12.1 Å². The standard InChI is InChI=1S/C21H31N5O8/c1-10(24-19(31)14(22)9-12-3-5-13(28)6-4-12)18(30)25-15(7-8-16(23)29)20(32)26-17(11(2)27)21(33)34/h3-6,10-11,14-15,17,27-28H,7-9,22H2,1-2H3,(H2,23,29)(H,24,31)(H,25,30)(H,26,32)(H,33,34). The number of carbonyl (C=O) groups excluding carboxylic acids is 4. The molecule has 10 N–H and O–H groups in total. The van der Waals surface area contributed by atoms with E-state index in [1.165, 1.54) is 19.1 Å². The summed E-state index contributed by atoms with van der Waals surface area (Å²) in [7, 11) is 0. The first-order chi connectivity index (χ1) is 15.8. The molecule has 4 amide bonds. The number of phenols is 1. The summed E-state index contributed by atoms with van der Waals surface area (Å²) in [5, 5.41) is 34.8. The van der Waals surface area contributed by atoms with Gasteiger partial charge in [-0.15, -0.1) is 0 Å². The molecule has 0 aliphatic heterocycles. The second-order valence-electron chi connectivity index (χ2n) is 7.84. The second-order valence-corrected chi connectivity index (χ2v) is 7.84. The molecule has 1 aromatic carbocycles. The average molecular weight is 482 g/mol. The monoisotopic (exact) mass is 481 g/mol. The first kappa shape index (κ1) is 28.3. The molecule has 13 nitrogen and oxygen atoms in total. The third kappa shape index (κ3) is 9.42. The zero-order valence-corrected chi connectivity index (χ0v) is 18.9. The lowest BCUT2D eigenvalue weighted by Crippen LogP contribution is -2.57. The van der Waals surface area contributed by atoms with Gasteiger partial charge in [0, 0.05) is 6.42 Å². The molecular weight excluding hydrogens is 450 g/mol. The van der Waals surface area contributed by atoms with Crippen LogP contribution in [0.25, 0.3) is 0 Å². The summed E-state index contributed by atoms with van der Waals surface area (Å²) in [4.78, 5) is 59.8. The number of aliphatic carboxylic acids is 1. The summed E-state index contributed by atoms with van der Waals surface area (Å²) in [6.45, 7) is 2.51. The third-order valence-corrected chi connectivity index (χ3v) is 4.84. The van der Waals surface area contributed by atoms with Gasteiger partial charge in [0.15, 0.2) is 6.04 Å². The van der Waals surface area contributed by atoms with Crippen molar-refractivity contribution in [3.8, 4) is 5.75 Å². The Balaban J connectivity index is 2.78. The van der Waals surface area contributed by atoms with Crippen molar-refractivity contribution in [1.29, 1.82) is 0 Å². The SMILES string of the molecule is CC(NC(=O)C(N)Cc1ccc(O)cc1)C(=O)NC(CCC(N)=O)C(=O)NC(C(=O)O)C(C)O. The molecule has 1 rings (SSSR count). The molecular formula is C21H31N5O8. The van der Waals surface area contributed by atoms with Crippen LogP contribution in [-0.4, -0.2) is 75.2 Å². The van der Waals surface area contributed by atoms with Gasteiger partial charge in [-0.3, -0.25) is 19.2 Å². The van der Waals surface area contributed by atoms with Crippen LogP contribution in [0.4, 0.5) is 0 Å². The molecule has 0 spiro atoms. The van der Waals surface area contributed by atoms with Crippen LogP contribution >= 0.6 is 0 Å². The second kappa shape index (κ2) is 13.1. The maximum Gasteiger partial charge on any atom is 0.328 e. The number of benzene rings is 1. The van der Waals surface area contributed by atoms with Crippen LogP contribution in [-0.2, 0) is 30.4 Å². The Morgan fingerprint density at radius 1 is 0.941 bits per heavy atom. The molecule has 0 saturated heterocycles. The molecule has 0 aliphatic rings. The molecule has 0 aromatic heterocycles. The van der Waals surface area contributed by atoms with Gasteiger partial charge >= 0.3 is 5.97 Å². The summed E-state index contributed by atoms with van der Waals surface area (Å²) >= 11 is 0. The zero-order valence-electron chi connectivity index (χ0n) is 18.9. The van der Waals surface area contributed by atoms with Gasteiger partial charge in [0.25, 0.3) is 0 Å². The molecule has 1 aromatic rings. The normalized spacial score (nSPS) is 15.2. The van der Waals surface area contributed by atoms with E-state index < -0.39 is 59.9 Å². The first-order valence-corrected chi connectivity index (χ1v) is 10.5. The van der Waals surface area contributed by atoms with Gasteiger partial charge in [-0.05, 0) is 44.4 Å². The van der Waals surface area contributed by atoms with Crippen LogP contribution in [0.1, 0.15) is 32.3 Å². The Kier molecular flexibility index (Phi) is 10.9. The summed E-state index contributed by atoms with van der Waals surface area (Å²) in [5.41, 5.74) is 11.7. The molecule has 0 aliphatic carbocycles. The van der Waals surface area contributed by atoms with Gasteiger partial charge in [-0.2, -0.15) is 0 Å². The number of carboxylic acid groups (broad SMARTS) is 1. The van der Waals surface area contributed by atoms with Crippen molar-refractivity contribution in [3.63, 3.8) is 0 Å². The quantitative estimate of drug-likeness (QED) is 0.148. The number of aliphatic hydroxyl groups is 1. The highest BCUT2D eigenvalue weighted by molar-refractivity contribution is 5.94. The van der Waals surface area contributed by atoms with E-state index in [9.17, 15) is 34.2 Å². The Morgan fingerprint density at radius 2 is 1.53 bits per heavy atom. The van der Waals surface area contributed by atoms with E-state index in [4.69, 9.17) is 16.6 Å². The zero-order chi connectivity index (χ0) is 26.0. The number of phenolic OH excluding ortho intramolecular Hbond substituents is 1. The van der Waals surface area contributed by atoms with Gasteiger partial charge in [-0.25, -0.2) is 4.79 Å². The number of amides is 4. The number of aliphatic hydroxyl groups excluding tert-OH is 1. The lowest BCUT2D eigenvalue weighted by Gasteiger charge is -2.24. The van der Waals surface area contributed by atoms with Crippen molar-refractivity contribution in [2.24, 2.45) is 11.5 Å². The summed E-state index contributed by atoms with van der Waals surface area (Å²) in [5.74, 6) is -4.58. The number of hydrogen-bond acceptors (Lipinski definition) is 8. The highest BCUT2D eigenvalue weighted by Crippen LogP contribution is 2.11. The van der Waals surface area contributed by atoms with Crippen molar-refractivity contribution in [2.75, 3.05) is 0 Å². The predicted molar refractivity (Wildman–Crippen MR) is 119 cm³/mol.